The molecule has 4 aromatic rings. The van der Waals surface area contributed by atoms with E-state index in [4.69, 9.17) is 4.98 Å². The van der Waals surface area contributed by atoms with Gasteiger partial charge >= 0.3 is 0 Å². The normalized spacial score (nSPS) is 15.9. The zero-order chi connectivity index (χ0) is 22.4. The molecule has 0 saturated heterocycles. The van der Waals surface area contributed by atoms with Gasteiger partial charge in [-0.3, -0.25) is 18.6 Å². The third-order valence-corrected chi connectivity index (χ3v) is 8.13. The summed E-state index contributed by atoms with van der Waals surface area (Å²) in [5, 5.41) is 1.42. The molecule has 164 valence electrons. The molecule has 0 saturated carbocycles. The van der Waals surface area contributed by atoms with Crippen molar-refractivity contribution in [2.24, 2.45) is 5.92 Å². The van der Waals surface area contributed by atoms with Gasteiger partial charge in [0.2, 0.25) is 0 Å². The van der Waals surface area contributed by atoms with Crippen LogP contribution in [0.15, 0.2) is 51.7 Å². The van der Waals surface area contributed by atoms with Gasteiger partial charge in [-0.25, -0.2) is 9.97 Å². The monoisotopic (exact) mass is 464 g/mol. The number of hydrogen-bond acceptors (Lipinski definition) is 6. The number of nitrogens with zero attached hydrogens (tertiary/aromatic N) is 4. The summed E-state index contributed by atoms with van der Waals surface area (Å²) >= 11 is 3.09. The van der Waals surface area contributed by atoms with E-state index in [-0.39, 0.29) is 11.1 Å². The lowest BCUT2D eigenvalue weighted by Crippen LogP contribution is -2.23. The van der Waals surface area contributed by atoms with Crippen molar-refractivity contribution in [1.29, 1.82) is 0 Å². The first-order chi connectivity index (χ1) is 15.5. The largest absolute Gasteiger partial charge is 0.283 e. The molecule has 0 aliphatic heterocycles. The molecule has 0 aromatic carbocycles. The van der Waals surface area contributed by atoms with Crippen LogP contribution in [0, 0.1) is 12.8 Å². The average Bonchev–Trinajstić information content (AvgIpc) is 3.11. The molecule has 0 spiro atoms. The molecule has 0 N–H and O–H groups in total. The molecule has 1 aliphatic carbocycles. The summed E-state index contributed by atoms with van der Waals surface area (Å²) in [7, 11) is 0. The maximum atomic E-state index is 13.4. The number of thioether (sulfide) groups is 1. The lowest BCUT2D eigenvalue weighted by atomic mass is 9.89. The highest BCUT2D eigenvalue weighted by molar-refractivity contribution is 7.98. The minimum absolute atomic E-state index is 0.00613. The summed E-state index contributed by atoms with van der Waals surface area (Å²) in [5.41, 5.74) is 3.24. The minimum atomic E-state index is -0.101. The van der Waals surface area contributed by atoms with Crippen molar-refractivity contribution in [2.45, 2.75) is 50.6 Å². The standard InChI is InChI=1S/C24H24N4O2S2/c1-4-10-27-23(30)21-17-9-8-14(2)11-18(17)32-22(21)26-24(27)31-13-16-12-20(29)28-15(3)6-5-7-19(28)25-16/h4-7,12,14H,1,8-11,13H2,2-3H3. The molecule has 0 fully saturated rings. The molecule has 1 atom stereocenters. The fourth-order valence-corrected chi connectivity index (χ4v) is 6.71. The van der Waals surface area contributed by atoms with E-state index < -0.39 is 0 Å². The van der Waals surface area contributed by atoms with E-state index in [0.29, 0.717) is 34.7 Å². The molecule has 5 rings (SSSR count). The van der Waals surface area contributed by atoms with Crippen LogP contribution in [0.4, 0.5) is 0 Å². The van der Waals surface area contributed by atoms with Crippen LogP contribution >= 0.6 is 23.1 Å². The third kappa shape index (κ3) is 3.61. The Balaban J connectivity index is 1.55. The molecule has 8 heteroatoms. The molecule has 0 radical (unpaired) electrons. The number of rotatable bonds is 5. The number of pyridine rings is 1. The van der Waals surface area contributed by atoms with Crippen LogP contribution < -0.4 is 11.1 Å². The molecule has 4 aromatic heterocycles. The molecule has 32 heavy (non-hydrogen) atoms. The van der Waals surface area contributed by atoms with Gasteiger partial charge in [-0.2, -0.15) is 0 Å². The van der Waals surface area contributed by atoms with Crippen LogP contribution in [-0.2, 0) is 25.1 Å². The lowest BCUT2D eigenvalue weighted by molar-refractivity contribution is 0.509. The van der Waals surface area contributed by atoms with E-state index in [1.807, 2.05) is 25.1 Å². The first-order valence-electron chi connectivity index (χ1n) is 10.7. The average molecular weight is 465 g/mol. The topological polar surface area (TPSA) is 69.3 Å². The number of fused-ring (bicyclic) bond motifs is 4. The summed E-state index contributed by atoms with van der Waals surface area (Å²) in [6.45, 7) is 8.38. The zero-order valence-electron chi connectivity index (χ0n) is 18.1. The third-order valence-electron chi connectivity index (χ3n) is 5.97. The molecule has 0 amide bonds. The van der Waals surface area contributed by atoms with E-state index >= 15 is 0 Å². The first kappa shape index (κ1) is 21.2. The quantitative estimate of drug-likeness (QED) is 0.249. The van der Waals surface area contributed by atoms with Crippen molar-refractivity contribution in [3.05, 3.63) is 79.5 Å². The number of hydrogen-bond donors (Lipinski definition) is 0. The molecule has 6 nitrogen and oxygen atoms in total. The fraction of sp³-hybridized carbons (Fsp3) is 0.333. The van der Waals surface area contributed by atoms with Gasteiger partial charge in [0, 0.05) is 28.9 Å². The van der Waals surface area contributed by atoms with Gasteiger partial charge in [0.25, 0.3) is 11.1 Å². The summed E-state index contributed by atoms with van der Waals surface area (Å²) in [6, 6.07) is 7.17. The van der Waals surface area contributed by atoms with E-state index in [9.17, 15) is 9.59 Å². The fourth-order valence-electron chi connectivity index (χ4n) is 4.38. The summed E-state index contributed by atoms with van der Waals surface area (Å²) in [5.74, 6) is 1.10. The second kappa shape index (κ2) is 8.33. The molecular weight excluding hydrogens is 440 g/mol. The van der Waals surface area contributed by atoms with E-state index in [1.165, 1.54) is 22.2 Å². The Morgan fingerprint density at radius 3 is 2.97 bits per heavy atom. The van der Waals surface area contributed by atoms with Crippen LogP contribution in [-0.4, -0.2) is 18.9 Å². The van der Waals surface area contributed by atoms with Gasteiger partial charge in [-0.05, 0) is 49.8 Å². The second-order valence-electron chi connectivity index (χ2n) is 8.37. The van der Waals surface area contributed by atoms with Crippen molar-refractivity contribution in [1.82, 2.24) is 18.9 Å². The highest BCUT2D eigenvalue weighted by atomic mass is 32.2. The first-order valence-corrected chi connectivity index (χ1v) is 12.5. The summed E-state index contributed by atoms with van der Waals surface area (Å²) in [6.07, 6.45) is 4.80. The Hall–Kier alpha value is -2.71. The molecular formula is C24H24N4O2S2. The van der Waals surface area contributed by atoms with Crippen LogP contribution in [0.2, 0.25) is 0 Å². The van der Waals surface area contributed by atoms with Crippen molar-refractivity contribution in [3.63, 3.8) is 0 Å². The number of allylic oxidation sites excluding steroid dienone is 1. The highest BCUT2D eigenvalue weighted by Crippen LogP contribution is 2.36. The smallest absolute Gasteiger partial charge is 0.263 e. The van der Waals surface area contributed by atoms with Crippen molar-refractivity contribution >= 4 is 39.0 Å². The number of aryl methyl sites for hydroxylation is 2. The maximum absolute atomic E-state index is 13.4. The Morgan fingerprint density at radius 2 is 2.16 bits per heavy atom. The van der Waals surface area contributed by atoms with E-state index in [2.05, 4.69) is 18.5 Å². The predicted molar refractivity (Wildman–Crippen MR) is 131 cm³/mol. The maximum Gasteiger partial charge on any atom is 0.263 e. The second-order valence-corrected chi connectivity index (χ2v) is 10.4. The van der Waals surface area contributed by atoms with Gasteiger partial charge in [0.1, 0.15) is 10.5 Å². The Kier molecular flexibility index (Phi) is 5.51. The number of thiophene rings is 1. The number of aromatic nitrogens is 4. The molecule has 1 unspecified atom stereocenters. The predicted octanol–water partition coefficient (Wildman–Crippen LogP) is 4.38. The van der Waals surface area contributed by atoms with Crippen LogP contribution in [0.1, 0.15) is 35.2 Å². The Bertz CT molecular complexity index is 1480. The van der Waals surface area contributed by atoms with Crippen LogP contribution in [0.5, 0.6) is 0 Å². The highest BCUT2D eigenvalue weighted by Gasteiger charge is 2.24. The van der Waals surface area contributed by atoms with Crippen LogP contribution in [0.3, 0.4) is 0 Å². The Labute approximate surface area is 193 Å². The van der Waals surface area contributed by atoms with Crippen molar-refractivity contribution in [2.75, 3.05) is 0 Å². The Morgan fingerprint density at radius 1 is 1.31 bits per heavy atom. The zero-order valence-corrected chi connectivity index (χ0v) is 19.8. The van der Waals surface area contributed by atoms with Gasteiger partial charge in [-0.15, -0.1) is 17.9 Å². The molecule has 4 heterocycles. The molecule has 1 aliphatic rings. The van der Waals surface area contributed by atoms with Gasteiger partial charge < -0.3 is 0 Å². The van der Waals surface area contributed by atoms with Crippen molar-refractivity contribution < 1.29 is 0 Å². The lowest BCUT2D eigenvalue weighted by Gasteiger charge is -2.17. The van der Waals surface area contributed by atoms with Gasteiger partial charge in [0.15, 0.2) is 5.16 Å². The van der Waals surface area contributed by atoms with E-state index in [1.54, 1.807) is 32.4 Å². The van der Waals surface area contributed by atoms with Crippen LogP contribution in [0.25, 0.3) is 15.9 Å². The summed E-state index contributed by atoms with van der Waals surface area (Å²) < 4.78 is 3.30. The van der Waals surface area contributed by atoms with Crippen molar-refractivity contribution in [3.8, 4) is 0 Å². The minimum Gasteiger partial charge on any atom is -0.283 e. The van der Waals surface area contributed by atoms with Gasteiger partial charge in [-0.1, -0.05) is 30.8 Å². The van der Waals surface area contributed by atoms with Gasteiger partial charge in [0.05, 0.1) is 11.1 Å². The molecule has 0 bridgehead atoms. The summed E-state index contributed by atoms with van der Waals surface area (Å²) in [4.78, 5) is 37.7. The van der Waals surface area contributed by atoms with E-state index in [0.717, 1.165) is 35.2 Å². The SMILES string of the molecule is C=CCn1c(SCc2cc(=O)n3c(C)cccc3n2)nc2sc3c(c2c1=O)CCC(C)C3.